The van der Waals surface area contributed by atoms with Gasteiger partial charge in [-0.15, -0.1) is 11.3 Å². The molecular weight excluding hydrogens is 282 g/mol. The summed E-state index contributed by atoms with van der Waals surface area (Å²) in [5.41, 5.74) is 0. The van der Waals surface area contributed by atoms with E-state index in [0.29, 0.717) is 6.04 Å². The van der Waals surface area contributed by atoms with Crippen molar-refractivity contribution in [2.75, 3.05) is 6.54 Å². The van der Waals surface area contributed by atoms with E-state index in [4.69, 9.17) is 0 Å². The lowest BCUT2D eigenvalue weighted by atomic mass is 10.1. The minimum atomic E-state index is 0.570. The molecule has 0 bridgehead atoms. The lowest BCUT2D eigenvalue weighted by Crippen LogP contribution is -2.22. The van der Waals surface area contributed by atoms with Crippen molar-refractivity contribution in [3.63, 3.8) is 0 Å². The highest BCUT2D eigenvalue weighted by molar-refractivity contribution is 9.10. The van der Waals surface area contributed by atoms with Crippen LogP contribution in [0.25, 0.3) is 0 Å². The van der Waals surface area contributed by atoms with Gasteiger partial charge in [0.25, 0.3) is 0 Å². The van der Waals surface area contributed by atoms with Gasteiger partial charge in [0, 0.05) is 20.3 Å². The third-order valence-corrected chi connectivity index (χ3v) is 5.14. The second kappa shape index (κ2) is 5.65. The first-order chi connectivity index (χ1) is 7.70. The first kappa shape index (κ1) is 12.6. The van der Waals surface area contributed by atoms with Crippen LogP contribution in [-0.4, -0.2) is 6.54 Å². The first-order valence-electron chi connectivity index (χ1n) is 6.20. The third kappa shape index (κ3) is 3.31. The van der Waals surface area contributed by atoms with Crippen LogP contribution in [0.15, 0.2) is 10.5 Å². The largest absolute Gasteiger partial charge is 0.309 e. The van der Waals surface area contributed by atoms with Crippen molar-refractivity contribution in [3.8, 4) is 0 Å². The Kier molecular flexibility index (Phi) is 4.45. The van der Waals surface area contributed by atoms with Gasteiger partial charge in [0.15, 0.2) is 0 Å². The quantitative estimate of drug-likeness (QED) is 0.806. The van der Waals surface area contributed by atoms with Gasteiger partial charge in [-0.1, -0.05) is 19.8 Å². The van der Waals surface area contributed by atoms with Crippen molar-refractivity contribution in [3.05, 3.63) is 20.3 Å². The molecule has 1 heterocycles. The molecule has 2 rings (SSSR count). The molecule has 1 aromatic heterocycles. The van der Waals surface area contributed by atoms with Crippen molar-refractivity contribution < 1.29 is 0 Å². The number of rotatable bonds is 6. The molecule has 1 aromatic rings. The summed E-state index contributed by atoms with van der Waals surface area (Å²) in [7, 11) is 0. The Labute approximate surface area is 111 Å². The van der Waals surface area contributed by atoms with Gasteiger partial charge in [-0.05, 0) is 54.2 Å². The molecule has 1 N–H and O–H groups in total. The number of aryl methyl sites for hydroxylation is 1. The monoisotopic (exact) mass is 301 g/mol. The van der Waals surface area contributed by atoms with Gasteiger partial charge in [0.1, 0.15) is 0 Å². The third-order valence-electron chi connectivity index (χ3n) is 3.06. The van der Waals surface area contributed by atoms with Crippen molar-refractivity contribution in [1.29, 1.82) is 0 Å². The van der Waals surface area contributed by atoms with Crippen LogP contribution >= 0.6 is 27.3 Å². The predicted octanol–water partition coefficient (Wildman–Crippen LogP) is 4.66. The second-order valence-corrected chi connectivity index (χ2v) is 6.90. The number of hydrogen-bond acceptors (Lipinski definition) is 2. The lowest BCUT2D eigenvalue weighted by Gasteiger charge is -2.17. The summed E-state index contributed by atoms with van der Waals surface area (Å²) in [6.45, 7) is 5.55. The number of thiophene rings is 1. The maximum absolute atomic E-state index is 3.69. The fraction of sp³-hybridized carbons (Fsp3) is 0.692. The number of nitrogens with one attached hydrogen (secondary N) is 1. The summed E-state index contributed by atoms with van der Waals surface area (Å²) in [6.07, 6.45) is 5.40. The van der Waals surface area contributed by atoms with Crippen LogP contribution in [0.1, 0.15) is 48.4 Å². The predicted molar refractivity (Wildman–Crippen MR) is 75.1 cm³/mol. The summed E-state index contributed by atoms with van der Waals surface area (Å²) in [6, 6.07) is 2.81. The van der Waals surface area contributed by atoms with Crippen molar-refractivity contribution in [2.45, 2.75) is 45.6 Å². The molecular formula is C13H20BrNS. The van der Waals surface area contributed by atoms with Gasteiger partial charge in [-0.25, -0.2) is 0 Å². The average molecular weight is 302 g/mol. The lowest BCUT2D eigenvalue weighted by molar-refractivity contribution is 0.479. The van der Waals surface area contributed by atoms with E-state index in [9.17, 15) is 0 Å². The van der Waals surface area contributed by atoms with Crippen LogP contribution in [0, 0.1) is 12.8 Å². The van der Waals surface area contributed by atoms with Crippen LogP contribution in [0.4, 0.5) is 0 Å². The Morgan fingerprint density at radius 2 is 2.31 bits per heavy atom. The van der Waals surface area contributed by atoms with Gasteiger partial charge in [0.2, 0.25) is 0 Å². The van der Waals surface area contributed by atoms with Crippen molar-refractivity contribution >= 4 is 27.3 Å². The minimum absolute atomic E-state index is 0.570. The van der Waals surface area contributed by atoms with Crippen LogP contribution < -0.4 is 5.32 Å². The highest BCUT2D eigenvalue weighted by Gasteiger charge is 2.27. The summed E-state index contributed by atoms with van der Waals surface area (Å²) >= 11 is 5.62. The summed E-state index contributed by atoms with van der Waals surface area (Å²) < 4.78 is 1.30. The van der Waals surface area contributed by atoms with Crippen LogP contribution in [0.3, 0.4) is 0 Å². The standard InChI is InChI=1S/C13H20BrNS/c1-3-6-15-12(8-10-4-5-10)13-11(14)7-9(2)16-13/h7,10,12,15H,3-6,8H2,1-2H3. The molecule has 1 fully saturated rings. The van der Waals surface area contributed by atoms with E-state index in [1.165, 1.54) is 39.9 Å². The van der Waals surface area contributed by atoms with Gasteiger partial charge in [-0.3, -0.25) is 0 Å². The van der Waals surface area contributed by atoms with Crippen molar-refractivity contribution in [1.82, 2.24) is 5.32 Å². The van der Waals surface area contributed by atoms with Crippen LogP contribution in [0.2, 0.25) is 0 Å². The molecule has 3 heteroatoms. The Bertz CT molecular complexity index is 344. The van der Waals surface area contributed by atoms with E-state index in [2.05, 4.69) is 41.2 Å². The van der Waals surface area contributed by atoms with E-state index in [1.807, 2.05) is 11.3 Å². The second-order valence-electron chi connectivity index (χ2n) is 4.76. The smallest absolute Gasteiger partial charge is 0.0428 e. The van der Waals surface area contributed by atoms with E-state index in [1.54, 1.807) is 0 Å². The molecule has 1 aliphatic rings. The molecule has 1 aliphatic carbocycles. The van der Waals surface area contributed by atoms with E-state index < -0.39 is 0 Å². The molecule has 0 radical (unpaired) electrons. The first-order valence-corrected chi connectivity index (χ1v) is 7.81. The summed E-state index contributed by atoms with van der Waals surface area (Å²) in [5, 5.41) is 3.69. The topological polar surface area (TPSA) is 12.0 Å². The SMILES string of the molecule is CCCNC(CC1CC1)c1sc(C)cc1Br. The average Bonchev–Trinajstić information content (AvgIpc) is 2.99. The highest BCUT2D eigenvalue weighted by atomic mass is 79.9. The molecule has 0 amide bonds. The normalized spacial score (nSPS) is 17.7. The Balaban J connectivity index is 2.06. The Morgan fingerprint density at radius 3 is 2.81 bits per heavy atom. The van der Waals surface area contributed by atoms with E-state index in [0.717, 1.165) is 12.5 Å². The fourth-order valence-corrected chi connectivity index (χ4v) is 4.04. The number of hydrogen-bond donors (Lipinski definition) is 1. The fourth-order valence-electron chi connectivity index (χ4n) is 2.03. The van der Waals surface area contributed by atoms with Crippen molar-refractivity contribution in [2.24, 2.45) is 5.92 Å². The van der Waals surface area contributed by atoms with Crippen LogP contribution in [0.5, 0.6) is 0 Å². The molecule has 0 saturated heterocycles. The molecule has 1 unspecified atom stereocenters. The van der Waals surface area contributed by atoms with Gasteiger partial charge in [0.05, 0.1) is 0 Å². The Morgan fingerprint density at radius 1 is 1.56 bits per heavy atom. The molecule has 1 saturated carbocycles. The molecule has 0 spiro atoms. The van der Waals surface area contributed by atoms with Gasteiger partial charge >= 0.3 is 0 Å². The maximum Gasteiger partial charge on any atom is 0.0428 e. The van der Waals surface area contributed by atoms with Crippen LogP contribution in [-0.2, 0) is 0 Å². The van der Waals surface area contributed by atoms with Gasteiger partial charge in [-0.2, -0.15) is 0 Å². The molecule has 1 nitrogen and oxygen atoms in total. The molecule has 16 heavy (non-hydrogen) atoms. The minimum Gasteiger partial charge on any atom is -0.309 e. The molecule has 0 aliphatic heterocycles. The molecule has 1 atom stereocenters. The highest BCUT2D eigenvalue weighted by Crippen LogP contribution is 2.41. The zero-order valence-electron chi connectivity index (χ0n) is 10.1. The molecule has 0 aromatic carbocycles. The number of halogens is 1. The van der Waals surface area contributed by atoms with Gasteiger partial charge < -0.3 is 5.32 Å². The van der Waals surface area contributed by atoms with E-state index in [-0.39, 0.29) is 0 Å². The summed E-state index contributed by atoms with van der Waals surface area (Å²) in [4.78, 5) is 2.90. The van der Waals surface area contributed by atoms with E-state index >= 15 is 0 Å². The zero-order chi connectivity index (χ0) is 11.5. The molecule has 90 valence electrons. The summed E-state index contributed by atoms with van der Waals surface area (Å²) in [5.74, 6) is 0.976. The zero-order valence-corrected chi connectivity index (χ0v) is 12.5. The maximum atomic E-state index is 3.69. The Hall–Kier alpha value is 0.140.